The molecule has 0 aliphatic carbocycles. The Bertz CT molecular complexity index is 3920. The average Bonchev–Trinajstić information content (AvgIpc) is 4.21. The number of hydrogen-bond donors (Lipinski definition) is 0. The fraction of sp³-hybridized carbons (Fsp3) is 0.206. The van der Waals surface area contributed by atoms with Gasteiger partial charge in [-0.1, -0.05) is 142 Å². The number of nitrogens with zero attached hydrogens (tertiary/aromatic N) is 3. The molecule has 0 atom stereocenters. The van der Waals surface area contributed by atoms with Crippen molar-refractivity contribution >= 4 is 50.6 Å². The molecular formula is C68H65GeIrN3O-2. The van der Waals surface area contributed by atoms with Crippen molar-refractivity contribution in [3.8, 4) is 61.7 Å². The van der Waals surface area contributed by atoms with Crippen LogP contribution in [-0.2, 0) is 26.5 Å². The number of hydrogen-bond acceptors (Lipinski definition) is 3. The number of furan rings is 1. The predicted octanol–water partition coefficient (Wildman–Crippen LogP) is 18.2. The van der Waals surface area contributed by atoms with Crippen molar-refractivity contribution in [2.45, 2.75) is 83.9 Å². The Morgan fingerprint density at radius 3 is 1.93 bits per heavy atom. The van der Waals surface area contributed by atoms with E-state index in [4.69, 9.17) is 16.3 Å². The Hall–Kier alpha value is -6.63. The number of rotatable bonds is 11. The van der Waals surface area contributed by atoms with Crippen LogP contribution in [0.5, 0.6) is 0 Å². The molecule has 0 fully saturated rings. The van der Waals surface area contributed by atoms with Crippen LogP contribution in [0.1, 0.15) is 82.5 Å². The van der Waals surface area contributed by atoms with Crippen molar-refractivity contribution in [3.63, 3.8) is 0 Å². The van der Waals surface area contributed by atoms with Crippen LogP contribution < -0.4 is 4.40 Å². The van der Waals surface area contributed by atoms with Crippen LogP contribution in [0.25, 0.3) is 94.7 Å². The van der Waals surface area contributed by atoms with Gasteiger partial charge in [0.15, 0.2) is 0 Å². The summed E-state index contributed by atoms with van der Waals surface area (Å²) in [6, 6.07) is 66.9. The minimum atomic E-state index is -2.32. The van der Waals surface area contributed by atoms with Crippen molar-refractivity contribution in [1.29, 1.82) is 0 Å². The van der Waals surface area contributed by atoms with Crippen LogP contribution in [0, 0.1) is 24.9 Å². The summed E-state index contributed by atoms with van der Waals surface area (Å²) in [6.45, 7) is 10.8. The third-order valence-corrected chi connectivity index (χ3v) is 17.8. The number of imidazole rings is 1. The molecule has 373 valence electrons. The van der Waals surface area contributed by atoms with E-state index in [1.54, 1.807) is 12.1 Å². The maximum atomic E-state index is 8.60. The molecule has 0 saturated carbocycles. The summed E-state index contributed by atoms with van der Waals surface area (Å²) in [5.74, 6) is 7.90. The van der Waals surface area contributed by atoms with E-state index in [9.17, 15) is 0 Å². The van der Waals surface area contributed by atoms with E-state index >= 15 is 0 Å². The normalized spacial score (nSPS) is 13.1. The third kappa shape index (κ3) is 10.7. The quantitative estimate of drug-likeness (QED) is 0.0957. The molecule has 11 aromatic rings. The van der Waals surface area contributed by atoms with Gasteiger partial charge >= 0.3 is 139 Å². The first-order chi connectivity index (χ1) is 37.2. The molecule has 74 heavy (non-hydrogen) atoms. The molecule has 0 saturated heterocycles. The molecule has 0 bridgehead atoms. The number of fused-ring (bicyclic) bond motifs is 4. The SMILES string of the molecule is CC(C)c1cc(-c2ccccc2)cc(C(C)C)c1-n1c(-c2[c-]ccc3c2oc2ccc(-c4ccccc4-c4ccccc4)cc23)nc2ccccc21.[2H]C([2H])([2H])c1c[c-]c(-c2cc(C([2H])([2H])C(C)C)[c]([Ge]([CH3])([CH3])[CH3])cn2)cc1.[Ir]. The molecule has 0 aliphatic heterocycles. The molecular weight excluding hydrogens is 1140 g/mol. The molecule has 1 radical (unpaired) electrons. The standard InChI is InChI=1S/C49H39N2O.C19H26GeN.Ir/c1-31(2)41-29-36(33-16-7-5-8-17-33)30-42(32(3)4)47(41)51-45-25-14-13-24-44(45)50-49(51)40-23-15-22-39-43-28-35(26-27-46(43)52-48(39)40)38-21-12-11-20-37(38)34-18-9-6-10-19-34;1-14(2)11-17-12-19(16-9-7-15(3)8-10-16)21-13-18(17)20(4,5)6;/h5-22,24-32H,1-4H3;7-9,12-14H,11H2,1-6H3;/q2*-1;/i;3D3,11D2;. The monoisotopic (exact) mass is 1210 g/mol. The molecule has 6 heteroatoms. The second-order valence-electron chi connectivity index (χ2n) is 20.9. The number of aromatic nitrogens is 3. The Balaban J connectivity index is 0.000000238. The van der Waals surface area contributed by atoms with Gasteiger partial charge in [-0.25, -0.2) is 0 Å². The second kappa shape index (κ2) is 22.1. The van der Waals surface area contributed by atoms with Crippen molar-refractivity contribution in [2.24, 2.45) is 5.92 Å². The van der Waals surface area contributed by atoms with Gasteiger partial charge in [-0.05, 0) is 92.7 Å². The summed E-state index contributed by atoms with van der Waals surface area (Å²) in [4.78, 5) is 9.89. The van der Waals surface area contributed by atoms with Crippen molar-refractivity contribution < 1.29 is 31.4 Å². The molecule has 3 aromatic heterocycles. The van der Waals surface area contributed by atoms with E-state index in [2.05, 4.69) is 212 Å². The topological polar surface area (TPSA) is 43.9 Å². The fourth-order valence-electron chi connectivity index (χ4n) is 9.93. The maximum absolute atomic E-state index is 8.60. The summed E-state index contributed by atoms with van der Waals surface area (Å²) in [5.41, 5.74) is 17.7. The van der Waals surface area contributed by atoms with Crippen molar-refractivity contribution in [3.05, 3.63) is 217 Å². The van der Waals surface area contributed by atoms with Gasteiger partial charge in [0.2, 0.25) is 0 Å². The Kier molecular flexibility index (Phi) is 13.7. The second-order valence-corrected chi connectivity index (χ2v) is 31.5. The Morgan fingerprint density at radius 2 is 1.30 bits per heavy atom. The van der Waals surface area contributed by atoms with E-state index < -0.39 is 26.5 Å². The Morgan fingerprint density at radius 1 is 0.649 bits per heavy atom. The van der Waals surface area contributed by atoms with Gasteiger partial charge in [-0.15, -0.1) is 18.2 Å². The first-order valence-electron chi connectivity index (χ1n) is 28.0. The number of para-hydroxylation sites is 2. The summed E-state index contributed by atoms with van der Waals surface area (Å²) < 4.78 is 49.8. The maximum Gasteiger partial charge on any atom is 0 e. The van der Waals surface area contributed by atoms with Gasteiger partial charge in [-0.2, -0.15) is 0 Å². The van der Waals surface area contributed by atoms with Crippen LogP contribution in [0.2, 0.25) is 17.3 Å². The van der Waals surface area contributed by atoms with Gasteiger partial charge in [0.1, 0.15) is 5.58 Å². The van der Waals surface area contributed by atoms with E-state index in [-0.39, 0.29) is 43.4 Å². The minimum Gasteiger partial charge on any atom is 0 e. The van der Waals surface area contributed by atoms with Crippen LogP contribution in [-0.4, -0.2) is 27.8 Å². The van der Waals surface area contributed by atoms with Crippen LogP contribution in [0.15, 0.2) is 187 Å². The van der Waals surface area contributed by atoms with Gasteiger partial charge in [0.05, 0.1) is 22.4 Å². The van der Waals surface area contributed by atoms with E-state index in [1.807, 2.05) is 32.2 Å². The Labute approximate surface area is 461 Å². The molecule has 0 N–H and O–H groups in total. The van der Waals surface area contributed by atoms with E-state index in [0.29, 0.717) is 16.8 Å². The number of benzene rings is 8. The van der Waals surface area contributed by atoms with Crippen LogP contribution in [0.4, 0.5) is 0 Å². The van der Waals surface area contributed by atoms with Gasteiger partial charge in [0.25, 0.3) is 0 Å². The largest absolute Gasteiger partial charge is 0 e. The minimum absolute atomic E-state index is 0. The number of aryl methyl sites for hydroxylation is 1. The number of pyridine rings is 1. The summed E-state index contributed by atoms with van der Waals surface area (Å²) >= 11 is -2.32. The van der Waals surface area contributed by atoms with Crippen molar-refractivity contribution in [2.75, 3.05) is 0 Å². The summed E-state index contributed by atoms with van der Waals surface area (Å²) in [5, 5.41) is 2.13. The average molecular weight is 1210 g/mol. The van der Waals surface area contributed by atoms with Crippen LogP contribution >= 0.6 is 0 Å². The first-order valence-corrected chi connectivity index (χ1v) is 32.8. The molecule has 3 heterocycles. The molecule has 4 nitrogen and oxygen atoms in total. The molecule has 11 rings (SSSR count). The first kappa shape index (κ1) is 45.9. The summed E-state index contributed by atoms with van der Waals surface area (Å²) in [6.07, 6.45) is 0.362. The van der Waals surface area contributed by atoms with Gasteiger partial charge in [-0.3, -0.25) is 4.98 Å². The zero-order valence-corrected chi connectivity index (χ0v) is 48.1. The molecule has 8 aromatic carbocycles. The smallest absolute Gasteiger partial charge is 0 e. The molecule has 0 amide bonds. The third-order valence-electron chi connectivity index (χ3n) is 13.5. The fourth-order valence-corrected chi connectivity index (χ4v) is 12.9. The van der Waals surface area contributed by atoms with Gasteiger partial charge in [0, 0.05) is 31.2 Å². The van der Waals surface area contributed by atoms with Gasteiger partial charge < -0.3 is 8.98 Å². The van der Waals surface area contributed by atoms with Crippen LogP contribution in [0.3, 0.4) is 0 Å². The predicted molar refractivity (Wildman–Crippen MR) is 312 cm³/mol. The molecule has 0 unspecified atom stereocenters. The van der Waals surface area contributed by atoms with E-state index in [1.165, 1.54) is 50.7 Å². The zero-order valence-electron chi connectivity index (χ0n) is 48.6. The van der Waals surface area contributed by atoms with E-state index in [0.717, 1.165) is 54.3 Å². The zero-order chi connectivity index (χ0) is 55.3. The van der Waals surface area contributed by atoms with Crippen molar-refractivity contribution in [1.82, 2.24) is 14.5 Å². The summed E-state index contributed by atoms with van der Waals surface area (Å²) in [7, 11) is 0. The molecule has 0 spiro atoms. The molecule has 0 aliphatic rings.